The molecule has 0 aromatic rings. The molecule has 6 N–H and O–H groups in total. The van der Waals surface area contributed by atoms with Gasteiger partial charge in [-0.1, -0.05) is 311 Å². The Morgan fingerprint density at radius 1 is 0.471 bits per heavy atom. The number of aliphatic hydroxyl groups is 5. The van der Waals surface area contributed by atoms with E-state index in [0.717, 1.165) is 116 Å². The van der Waals surface area contributed by atoms with E-state index in [1.165, 1.54) is 148 Å². The smallest absolute Gasteiger partial charge is 0.306 e. The second kappa shape index (κ2) is 61.1. The second-order valence-electron chi connectivity index (χ2n) is 24.2. The highest BCUT2D eigenvalue weighted by Crippen LogP contribution is 2.26. The highest BCUT2D eigenvalue weighted by atomic mass is 16.7. The van der Waals surface area contributed by atoms with Gasteiger partial charge < -0.3 is 45.1 Å². The minimum absolute atomic E-state index is 0.124. The molecule has 85 heavy (non-hydrogen) atoms. The summed E-state index contributed by atoms with van der Waals surface area (Å²) >= 11 is 0. The number of hydrogen-bond donors (Lipinski definition) is 6. The van der Waals surface area contributed by atoms with Gasteiger partial charge >= 0.3 is 5.97 Å². The van der Waals surface area contributed by atoms with Crippen molar-refractivity contribution in [1.29, 1.82) is 0 Å². The molecule has 0 spiro atoms. The first-order valence-corrected chi connectivity index (χ1v) is 35.4. The molecule has 8 atom stereocenters. The van der Waals surface area contributed by atoms with Gasteiger partial charge in [-0.15, -0.1) is 0 Å². The van der Waals surface area contributed by atoms with Gasteiger partial charge in [-0.2, -0.15) is 0 Å². The average Bonchev–Trinajstić information content (AvgIpc) is 3.59. The van der Waals surface area contributed by atoms with Gasteiger partial charge in [0, 0.05) is 6.42 Å². The number of ether oxygens (including phenoxy) is 3. The minimum Gasteiger partial charge on any atom is -0.454 e. The van der Waals surface area contributed by atoms with Crippen molar-refractivity contribution in [3.05, 3.63) is 85.1 Å². The van der Waals surface area contributed by atoms with Crippen LogP contribution in [0.25, 0.3) is 0 Å². The Kier molecular flexibility index (Phi) is 57.4. The van der Waals surface area contributed by atoms with E-state index in [9.17, 15) is 35.1 Å². The summed E-state index contributed by atoms with van der Waals surface area (Å²) in [4.78, 5) is 26.7. The molecular formula is C74H131NO10. The summed E-state index contributed by atoms with van der Waals surface area (Å²) in [5.74, 6) is -1.20. The molecule has 11 heteroatoms. The van der Waals surface area contributed by atoms with E-state index in [4.69, 9.17) is 14.2 Å². The summed E-state index contributed by atoms with van der Waals surface area (Å²) in [6.45, 7) is 5.70. The molecule has 0 radical (unpaired) electrons. The summed E-state index contributed by atoms with van der Waals surface area (Å²) in [6, 6.07) is -1.03. The van der Waals surface area contributed by atoms with Crippen LogP contribution in [0.2, 0.25) is 0 Å². The maximum absolute atomic E-state index is 13.5. The fourth-order valence-corrected chi connectivity index (χ4v) is 10.8. The lowest BCUT2D eigenvalue weighted by atomic mass is 9.99. The van der Waals surface area contributed by atoms with Crippen LogP contribution in [0.5, 0.6) is 0 Å². The summed E-state index contributed by atoms with van der Waals surface area (Å²) in [5.41, 5.74) is 0. The summed E-state index contributed by atoms with van der Waals surface area (Å²) < 4.78 is 17.7. The van der Waals surface area contributed by atoms with Crippen molar-refractivity contribution in [1.82, 2.24) is 5.32 Å². The Balaban J connectivity index is 2.57. The SMILES string of the molecule is CC/C=C\C/C=C\C/C=C\C/C=C\C/C=C\C/C=C\CCCCCCCCCC(O)C(=O)NC(COC1OC(CO)C(O)C(O)C1OC(=O)CCCCCCCCCCCCCCCCCCCCC)C(O)/C=C/CCCCCCCCCCC. The molecule has 1 amide bonds. The van der Waals surface area contributed by atoms with Crippen molar-refractivity contribution in [2.24, 2.45) is 0 Å². The van der Waals surface area contributed by atoms with E-state index < -0.39 is 67.4 Å². The van der Waals surface area contributed by atoms with Gasteiger partial charge in [0.25, 0.3) is 0 Å². The quantitative estimate of drug-likeness (QED) is 0.0195. The third kappa shape index (κ3) is 48.4. The molecule has 1 saturated heterocycles. The van der Waals surface area contributed by atoms with Crippen molar-refractivity contribution >= 4 is 11.9 Å². The zero-order valence-electron chi connectivity index (χ0n) is 54.7. The van der Waals surface area contributed by atoms with Crippen LogP contribution in [-0.4, -0.2) is 99.6 Å². The number of unbranched alkanes of at least 4 members (excludes halogenated alkanes) is 34. The fraction of sp³-hybridized carbons (Fsp3) is 0.784. The maximum atomic E-state index is 13.5. The van der Waals surface area contributed by atoms with Crippen LogP contribution in [0.1, 0.15) is 310 Å². The number of nitrogens with one attached hydrogen (secondary N) is 1. The number of aliphatic hydroxyl groups excluding tert-OH is 5. The van der Waals surface area contributed by atoms with E-state index in [1.54, 1.807) is 6.08 Å². The number of rotatable bonds is 60. The molecule has 0 bridgehead atoms. The van der Waals surface area contributed by atoms with E-state index >= 15 is 0 Å². The van der Waals surface area contributed by atoms with Crippen LogP contribution in [0, 0.1) is 0 Å². The summed E-state index contributed by atoms with van der Waals surface area (Å²) in [5, 5.41) is 57.2. The van der Waals surface area contributed by atoms with Crippen LogP contribution < -0.4 is 5.32 Å². The molecule has 0 saturated carbocycles. The first-order chi connectivity index (χ1) is 41.7. The van der Waals surface area contributed by atoms with Gasteiger partial charge in [0.1, 0.15) is 24.4 Å². The second-order valence-corrected chi connectivity index (χ2v) is 24.2. The standard InChI is InChI=1S/C74H131NO10/c1-4-7-10-13-16-19-22-24-26-28-30-31-32-33-34-35-36-38-39-41-43-46-49-52-55-58-61-67(78)73(82)75-65(66(77)60-57-54-51-48-45-21-18-15-12-9-6-3)64-83-74-72(71(81)70(80)68(63-76)84-74)85-69(79)62-59-56-53-50-47-44-42-40-37-29-27-25-23-20-17-14-11-8-5-2/h7,10,16,19,24,26,30-31,33-34,36,38,57,60,65-68,70-72,74,76-78,80-81H,4-6,8-9,11-15,17-18,20-23,25,27-29,32,35,37,39-56,58-59,61-64H2,1-3H3,(H,75,82)/b10-7-,19-16-,26-24-,31-30-,34-33-,38-36-,60-57+. The van der Waals surface area contributed by atoms with Crippen molar-refractivity contribution in [2.75, 3.05) is 13.2 Å². The van der Waals surface area contributed by atoms with Crippen LogP contribution >= 0.6 is 0 Å². The predicted molar refractivity (Wildman–Crippen MR) is 356 cm³/mol. The van der Waals surface area contributed by atoms with Crippen LogP contribution in [0.15, 0.2) is 85.1 Å². The largest absolute Gasteiger partial charge is 0.454 e. The molecule has 1 aliphatic rings. The number of allylic oxidation sites excluding steroid dienone is 13. The predicted octanol–water partition coefficient (Wildman–Crippen LogP) is 18.1. The van der Waals surface area contributed by atoms with E-state index in [1.807, 2.05) is 6.08 Å². The molecule has 1 fully saturated rings. The number of carbonyl (C=O) groups is 2. The molecule has 8 unspecified atom stereocenters. The molecule has 0 aromatic carbocycles. The number of hydrogen-bond acceptors (Lipinski definition) is 10. The van der Waals surface area contributed by atoms with E-state index in [0.29, 0.717) is 12.8 Å². The molecule has 1 aliphatic heterocycles. The molecular weight excluding hydrogens is 1060 g/mol. The highest BCUT2D eigenvalue weighted by molar-refractivity contribution is 5.80. The molecule has 11 nitrogen and oxygen atoms in total. The first kappa shape index (κ1) is 79.9. The third-order valence-corrected chi connectivity index (χ3v) is 16.3. The van der Waals surface area contributed by atoms with Crippen molar-refractivity contribution in [2.45, 2.75) is 359 Å². The lowest BCUT2D eigenvalue weighted by molar-refractivity contribution is -0.305. The molecule has 0 aromatic heterocycles. The van der Waals surface area contributed by atoms with Crippen LogP contribution in [0.3, 0.4) is 0 Å². The average molecular weight is 1190 g/mol. The minimum atomic E-state index is -1.62. The molecule has 1 rings (SSSR count). The zero-order valence-corrected chi connectivity index (χ0v) is 54.7. The lowest BCUT2D eigenvalue weighted by Gasteiger charge is -2.41. The Hall–Kier alpha value is -3.16. The summed E-state index contributed by atoms with van der Waals surface area (Å²) in [7, 11) is 0. The Labute approximate surface area is 521 Å². The maximum Gasteiger partial charge on any atom is 0.306 e. The van der Waals surface area contributed by atoms with Crippen molar-refractivity contribution in [3.8, 4) is 0 Å². The topological polar surface area (TPSA) is 175 Å². The number of amides is 1. The molecule has 492 valence electrons. The van der Waals surface area contributed by atoms with Gasteiger partial charge in [-0.25, -0.2) is 0 Å². The number of esters is 1. The summed E-state index contributed by atoms with van der Waals surface area (Å²) in [6.07, 6.45) is 70.5. The number of carbonyl (C=O) groups excluding carboxylic acids is 2. The fourth-order valence-electron chi connectivity index (χ4n) is 10.8. The zero-order chi connectivity index (χ0) is 61.7. The van der Waals surface area contributed by atoms with Crippen molar-refractivity contribution in [3.63, 3.8) is 0 Å². The van der Waals surface area contributed by atoms with Gasteiger partial charge in [-0.05, 0) is 77.0 Å². The van der Waals surface area contributed by atoms with Gasteiger partial charge in [0.05, 0.1) is 25.4 Å². The van der Waals surface area contributed by atoms with Crippen LogP contribution in [0.4, 0.5) is 0 Å². The Morgan fingerprint density at radius 3 is 1.27 bits per heavy atom. The molecule has 0 aliphatic carbocycles. The monoisotopic (exact) mass is 1190 g/mol. The van der Waals surface area contributed by atoms with E-state index in [-0.39, 0.29) is 19.4 Å². The first-order valence-electron chi connectivity index (χ1n) is 35.4. The molecule has 1 heterocycles. The van der Waals surface area contributed by atoms with Crippen molar-refractivity contribution < 1.29 is 49.3 Å². The van der Waals surface area contributed by atoms with Gasteiger partial charge in [-0.3, -0.25) is 9.59 Å². The van der Waals surface area contributed by atoms with Gasteiger partial charge in [0.2, 0.25) is 5.91 Å². The Bertz CT molecular complexity index is 1710. The van der Waals surface area contributed by atoms with Gasteiger partial charge in [0.15, 0.2) is 12.4 Å². The third-order valence-electron chi connectivity index (χ3n) is 16.3. The lowest BCUT2D eigenvalue weighted by Crippen LogP contribution is -2.61. The highest BCUT2D eigenvalue weighted by Gasteiger charge is 2.47. The van der Waals surface area contributed by atoms with E-state index in [2.05, 4.69) is 99.0 Å². The van der Waals surface area contributed by atoms with Crippen LogP contribution in [-0.2, 0) is 23.8 Å². The normalized spacial score (nSPS) is 18.9. The Morgan fingerprint density at radius 2 is 0.847 bits per heavy atom.